The largest absolute Gasteiger partial charge is 0.363 e. The number of rotatable bonds is 6. The van der Waals surface area contributed by atoms with Crippen molar-refractivity contribution in [1.82, 2.24) is 20.3 Å². The predicted octanol–water partition coefficient (Wildman–Crippen LogP) is 2.50. The van der Waals surface area contributed by atoms with Gasteiger partial charge in [0.15, 0.2) is 0 Å². The van der Waals surface area contributed by atoms with Gasteiger partial charge in [-0.3, -0.25) is 4.68 Å². The highest BCUT2D eigenvalue weighted by Gasteiger charge is 2.19. The first-order chi connectivity index (χ1) is 10.3. The second kappa shape index (κ2) is 6.52. The normalized spacial score (nSPS) is 11.5. The van der Waals surface area contributed by atoms with E-state index in [1.54, 1.807) is 0 Å². The van der Waals surface area contributed by atoms with E-state index in [2.05, 4.69) is 48.4 Å². The quantitative estimate of drug-likeness (QED) is 0.888. The molecule has 122 valence electrons. The number of hydrogen-bond acceptors (Lipinski definition) is 5. The average Bonchev–Trinajstić information content (AvgIpc) is 2.92. The highest BCUT2D eigenvalue weighted by atomic mass is 16.5. The molecule has 0 aromatic carbocycles. The summed E-state index contributed by atoms with van der Waals surface area (Å²) in [6.45, 7) is 9.81. The van der Waals surface area contributed by atoms with E-state index in [1.165, 1.54) is 5.56 Å². The first-order valence-electron chi connectivity index (χ1n) is 7.68. The third-order valence-corrected chi connectivity index (χ3v) is 3.90. The third-order valence-electron chi connectivity index (χ3n) is 3.90. The smallest absolute Gasteiger partial charge is 0.138 e. The third kappa shape index (κ3) is 3.16. The van der Waals surface area contributed by atoms with E-state index in [9.17, 15) is 0 Å². The second-order valence-corrected chi connectivity index (χ2v) is 6.27. The van der Waals surface area contributed by atoms with Gasteiger partial charge in [-0.15, -0.1) is 0 Å². The Morgan fingerprint density at radius 1 is 1.18 bits per heavy atom. The fraction of sp³-hybridized carbons (Fsp3) is 0.625. The van der Waals surface area contributed by atoms with Gasteiger partial charge in [-0.2, -0.15) is 5.10 Å². The first kappa shape index (κ1) is 16.5. The molecule has 6 heteroatoms. The molecule has 0 atom stereocenters. The summed E-state index contributed by atoms with van der Waals surface area (Å²) in [6.07, 6.45) is 0. The van der Waals surface area contributed by atoms with Gasteiger partial charge >= 0.3 is 0 Å². The number of aromatic nitrogens is 3. The fourth-order valence-electron chi connectivity index (χ4n) is 2.84. The standard InChI is InChI=1S/C16H27N5O/c1-10(2)15-14(16(20(5)6)21(7)18-15)9-17-8-13-11(3)19-22-12(13)4/h10,17H,8-9H2,1-7H3. The fourth-order valence-corrected chi connectivity index (χ4v) is 2.84. The number of anilines is 1. The van der Waals surface area contributed by atoms with Gasteiger partial charge in [0.2, 0.25) is 0 Å². The lowest BCUT2D eigenvalue weighted by Crippen LogP contribution is -2.19. The zero-order valence-electron chi connectivity index (χ0n) is 14.7. The van der Waals surface area contributed by atoms with Crippen LogP contribution in [0.25, 0.3) is 0 Å². The van der Waals surface area contributed by atoms with Crippen molar-refractivity contribution in [3.05, 3.63) is 28.3 Å². The van der Waals surface area contributed by atoms with Crippen LogP contribution in [0.5, 0.6) is 0 Å². The molecular formula is C16H27N5O. The van der Waals surface area contributed by atoms with Gasteiger partial charge in [-0.25, -0.2) is 0 Å². The SMILES string of the molecule is Cc1noc(C)c1CNCc1c(C(C)C)nn(C)c1N(C)C. The Morgan fingerprint density at radius 3 is 2.32 bits per heavy atom. The summed E-state index contributed by atoms with van der Waals surface area (Å²) in [5.41, 5.74) is 4.50. The van der Waals surface area contributed by atoms with Crippen molar-refractivity contribution >= 4 is 5.82 Å². The maximum absolute atomic E-state index is 5.21. The first-order valence-corrected chi connectivity index (χ1v) is 7.68. The Hall–Kier alpha value is -1.82. The van der Waals surface area contributed by atoms with Crippen molar-refractivity contribution in [3.63, 3.8) is 0 Å². The molecule has 0 aliphatic rings. The molecule has 2 aromatic heterocycles. The summed E-state index contributed by atoms with van der Waals surface area (Å²) >= 11 is 0. The monoisotopic (exact) mass is 305 g/mol. The molecule has 0 saturated carbocycles. The Morgan fingerprint density at radius 2 is 1.82 bits per heavy atom. The maximum Gasteiger partial charge on any atom is 0.138 e. The molecule has 0 unspecified atom stereocenters. The van der Waals surface area contributed by atoms with Gasteiger partial charge in [-0.1, -0.05) is 19.0 Å². The Bertz CT molecular complexity index is 620. The molecule has 0 aliphatic heterocycles. The average molecular weight is 305 g/mol. The van der Waals surface area contributed by atoms with E-state index in [0.717, 1.165) is 41.6 Å². The van der Waals surface area contributed by atoms with Gasteiger partial charge < -0.3 is 14.7 Å². The van der Waals surface area contributed by atoms with Crippen LogP contribution in [-0.2, 0) is 20.1 Å². The van der Waals surface area contributed by atoms with Gasteiger partial charge in [0.25, 0.3) is 0 Å². The van der Waals surface area contributed by atoms with Crippen LogP contribution in [-0.4, -0.2) is 29.0 Å². The highest BCUT2D eigenvalue weighted by molar-refractivity contribution is 5.50. The van der Waals surface area contributed by atoms with Gasteiger partial charge in [0.1, 0.15) is 11.6 Å². The van der Waals surface area contributed by atoms with Crippen molar-refractivity contribution in [2.24, 2.45) is 7.05 Å². The van der Waals surface area contributed by atoms with Gasteiger partial charge in [0.05, 0.1) is 11.4 Å². The van der Waals surface area contributed by atoms with Crippen molar-refractivity contribution < 1.29 is 4.52 Å². The molecule has 0 spiro atoms. The highest BCUT2D eigenvalue weighted by Crippen LogP contribution is 2.27. The summed E-state index contributed by atoms with van der Waals surface area (Å²) in [6, 6.07) is 0. The van der Waals surface area contributed by atoms with E-state index in [-0.39, 0.29) is 0 Å². The van der Waals surface area contributed by atoms with Crippen LogP contribution < -0.4 is 10.2 Å². The number of nitrogens with zero attached hydrogens (tertiary/aromatic N) is 4. The summed E-state index contributed by atoms with van der Waals surface area (Å²) in [5.74, 6) is 2.43. The van der Waals surface area contributed by atoms with Crippen LogP contribution in [0.4, 0.5) is 5.82 Å². The maximum atomic E-state index is 5.21. The van der Waals surface area contributed by atoms with Crippen molar-refractivity contribution in [3.8, 4) is 0 Å². The lowest BCUT2D eigenvalue weighted by atomic mass is 10.1. The van der Waals surface area contributed by atoms with Gasteiger partial charge in [-0.05, 0) is 19.8 Å². The molecule has 0 fully saturated rings. The van der Waals surface area contributed by atoms with Crippen molar-refractivity contribution in [2.75, 3.05) is 19.0 Å². The Labute approximate surface area is 132 Å². The van der Waals surface area contributed by atoms with E-state index < -0.39 is 0 Å². The van der Waals surface area contributed by atoms with E-state index >= 15 is 0 Å². The topological polar surface area (TPSA) is 59.1 Å². The van der Waals surface area contributed by atoms with Crippen LogP contribution in [0, 0.1) is 13.8 Å². The zero-order valence-corrected chi connectivity index (χ0v) is 14.7. The molecule has 22 heavy (non-hydrogen) atoms. The lowest BCUT2D eigenvalue weighted by molar-refractivity contribution is 0.392. The summed E-state index contributed by atoms with van der Waals surface area (Å²) in [4.78, 5) is 2.12. The molecular weight excluding hydrogens is 278 g/mol. The summed E-state index contributed by atoms with van der Waals surface area (Å²) in [7, 11) is 6.11. The van der Waals surface area contributed by atoms with Gasteiger partial charge in [0, 0.05) is 45.4 Å². The Kier molecular flexibility index (Phi) is 4.90. The summed E-state index contributed by atoms with van der Waals surface area (Å²) < 4.78 is 7.17. The molecule has 2 rings (SSSR count). The zero-order chi connectivity index (χ0) is 16.4. The number of hydrogen-bond donors (Lipinski definition) is 1. The molecule has 0 aliphatic carbocycles. The van der Waals surface area contributed by atoms with Crippen molar-refractivity contribution in [1.29, 1.82) is 0 Å². The molecule has 2 aromatic rings. The predicted molar refractivity (Wildman–Crippen MR) is 88.1 cm³/mol. The molecule has 0 bridgehead atoms. The van der Waals surface area contributed by atoms with Crippen molar-refractivity contribution in [2.45, 2.75) is 46.7 Å². The van der Waals surface area contributed by atoms with Crippen LogP contribution in [0.15, 0.2) is 4.52 Å². The molecule has 0 amide bonds. The van der Waals surface area contributed by atoms with Crippen LogP contribution in [0.2, 0.25) is 0 Å². The molecule has 0 saturated heterocycles. The molecule has 2 heterocycles. The lowest BCUT2D eigenvalue weighted by Gasteiger charge is -2.16. The minimum Gasteiger partial charge on any atom is -0.363 e. The minimum absolute atomic E-state index is 0.399. The molecule has 1 N–H and O–H groups in total. The van der Waals surface area contributed by atoms with E-state index in [0.29, 0.717) is 5.92 Å². The number of nitrogens with one attached hydrogen (secondary N) is 1. The minimum atomic E-state index is 0.399. The second-order valence-electron chi connectivity index (χ2n) is 6.27. The van der Waals surface area contributed by atoms with E-state index in [1.807, 2.05) is 25.6 Å². The molecule has 0 radical (unpaired) electrons. The Balaban J connectivity index is 2.18. The number of aryl methyl sites for hydroxylation is 3. The van der Waals surface area contributed by atoms with Crippen LogP contribution in [0.1, 0.15) is 48.0 Å². The van der Waals surface area contributed by atoms with Crippen LogP contribution >= 0.6 is 0 Å². The summed E-state index contributed by atoms with van der Waals surface area (Å²) in [5, 5.41) is 12.2. The van der Waals surface area contributed by atoms with E-state index in [4.69, 9.17) is 4.52 Å². The van der Waals surface area contributed by atoms with Crippen LogP contribution in [0.3, 0.4) is 0 Å². The molecule has 6 nitrogen and oxygen atoms in total.